The molecule has 10 nitrogen and oxygen atoms in total. The van der Waals surface area contributed by atoms with Crippen molar-refractivity contribution >= 4 is 27.7 Å². The van der Waals surface area contributed by atoms with E-state index < -0.39 is 32.9 Å². The minimum atomic E-state index is -3.99. The van der Waals surface area contributed by atoms with Crippen molar-refractivity contribution in [1.29, 1.82) is 0 Å². The predicted octanol–water partition coefficient (Wildman–Crippen LogP) is 1.11. The van der Waals surface area contributed by atoms with Gasteiger partial charge in [-0.3, -0.25) is 4.79 Å². The number of amides is 2. The molecule has 2 aromatic heterocycles. The molecule has 0 unspecified atom stereocenters. The fourth-order valence-electron chi connectivity index (χ4n) is 3.00. The number of fused-ring (bicyclic) bond motifs is 1. The fraction of sp³-hybridized carbons (Fsp3) is 0.529. The lowest BCUT2D eigenvalue weighted by molar-refractivity contribution is 0.0295. The highest BCUT2D eigenvalue weighted by Crippen LogP contribution is 2.20. The van der Waals surface area contributed by atoms with Crippen LogP contribution in [0.25, 0.3) is 5.65 Å². The molecule has 1 saturated heterocycles. The Hall–Kier alpha value is -2.69. The van der Waals surface area contributed by atoms with Crippen LogP contribution in [-0.2, 0) is 14.8 Å². The van der Waals surface area contributed by atoms with Crippen molar-refractivity contribution in [3.05, 3.63) is 29.7 Å². The van der Waals surface area contributed by atoms with Gasteiger partial charge in [0.15, 0.2) is 5.65 Å². The summed E-state index contributed by atoms with van der Waals surface area (Å²) in [7, 11) is -3.99. The average molecular weight is 409 g/mol. The predicted molar refractivity (Wildman–Crippen MR) is 100 cm³/mol. The summed E-state index contributed by atoms with van der Waals surface area (Å²) in [6, 6.07) is 1.65. The van der Waals surface area contributed by atoms with Crippen LogP contribution in [0.3, 0.4) is 0 Å². The first kappa shape index (κ1) is 20.1. The number of hydrogen-bond donors (Lipinski definition) is 1. The van der Waals surface area contributed by atoms with Crippen molar-refractivity contribution in [3.63, 3.8) is 0 Å². The van der Waals surface area contributed by atoms with Gasteiger partial charge in [0, 0.05) is 25.5 Å². The molecule has 11 heteroatoms. The number of nitrogens with zero attached hydrogens (tertiary/aromatic N) is 4. The molecular formula is C17H23N5O5S. The molecule has 1 fully saturated rings. The van der Waals surface area contributed by atoms with Crippen molar-refractivity contribution in [2.45, 2.75) is 45.0 Å². The van der Waals surface area contributed by atoms with Crippen LogP contribution in [0.4, 0.5) is 4.79 Å². The zero-order valence-electron chi connectivity index (χ0n) is 16.2. The highest BCUT2D eigenvalue weighted by molar-refractivity contribution is 7.90. The molecule has 0 saturated carbocycles. The van der Waals surface area contributed by atoms with Crippen LogP contribution in [0.1, 0.15) is 43.2 Å². The second-order valence-corrected chi connectivity index (χ2v) is 9.62. The van der Waals surface area contributed by atoms with Gasteiger partial charge >= 0.3 is 6.09 Å². The smallest absolute Gasteiger partial charge is 0.410 e. The van der Waals surface area contributed by atoms with Gasteiger partial charge in [0.2, 0.25) is 10.0 Å². The van der Waals surface area contributed by atoms with Crippen LogP contribution >= 0.6 is 0 Å². The summed E-state index contributed by atoms with van der Waals surface area (Å²) in [6.45, 7) is 7.03. The van der Waals surface area contributed by atoms with Gasteiger partial charge in [-0.2, -0.15) is 5.10 Å². The third-order valence-corrected chi connectivity index (χ3v) is 6.00. The largest absolute Gasteiger partial charge is 0.444 e. The van der Waals surface area contributed by atoms with E-state index in [1.54, 1.807) is 40.0 Å². The van der Waals surface area contributed by atoms with Crippen LogP contribution in [0.2, 0.25) is 0 Å². The fourth-order valence-corrected chi connectivity index (χ4v) is 4.32. The first-order valence-electron chi connectivity index (χ1n) is 8.82. The average Bonchev–Trinajstić information content (AvgIpc) is 3.17. The molecule has 0 radical (unpaired) electrons. The molecule has 152 valence electrons. The maximum atomic E-state index is 12.7. The molecule has 1 atom stereocenters. The number of rotatable bonds is 3. The molecule has 2 amide bonds. The first-order valence-corrected chi connectivity index (χ1v) is 10.4. The Labute approximate surface area is 162 Å². The van der Waals surface area contributed by atoms with Crippen molar-refractivity contribution in [2.24, 2.45) is 0 Å². The van der Waals surface area contributed by atoms with Crippen molar-refractivity contribution in [2.75, 3.05) is 13.1 Å². The summed E-state index contributed by atoms with van der Waals surface area (Å²) in [5, 5.41) is 3.26. The number of hydrogen-bond acceptors (Lipinski definition) is 7. The van der Waals surface area contributed by atoms with E-state index in [-0.39, 0.29) is 30.7 Å². The van der Waals surface area contributed by atoms with Gasteiger partial charge in [0.05, 0.1) is 10.9 Å². The van der Waals surface area contributed by atoms with E-state index >= 15 is 0 Å². The van der Waals surface area contributed by atoms with Crippen molar-refractivity contribution in [1.82, 2.24) is 24.2 Å². The standard InChI is InChI=1S/C17H23N5O5S/c1-11-13(14-18-7-5-8-22(14)19-11)15(23)20-28(25,26)12-6-9-21(10-12)16(24)27-17(2,3)4/h5,7-8,12H,6,9-10H2,1-4H3,(H,20,23)/t12-/m1/s1. The third kappa shape index (κ3) is 4.08. The maximum absolute atomic E-state index is 12.7. The minimum Gasteiger partial charge on any atom is -0.444 e. The topological polar surface area (TPSA) is 123 Å². The van der Waals surface area contributed by atoms with E-state index in [0.29, 0.717) is 5.69 Å². The lowest BCUT2D eigenvalue weighted by atomic mass is 10.2. The lowest BCUT2D eigenvalue weighted by Crippen LogP contribution is -2.41. The van der Waals surface area contributed by atoms with Gasteiger partial charge in [0.1, 0.15) is 11.2 Å². The Morgan fingerprint density at radius 2 is 2.04 bits per heavy atom. The van der Waals surface area contributed by atoms with Crippen LogP contribution in [0.15, 0.2) is 18.5 Å². The number of carbonyl (C=O) groups excluding carboxylic acids is 2. The van der Waals surface area contributed by atoms with E-state index in [4.69, 9.17) is 4.74 Å². The molecule has 28 heavy (non-hydrogen) atoms. The number of likely N-dealkylation sites (tertiary alicyclic amines) is 1. The molecule has 3 rings (SSSR count). The SMILES string of the molecule is Cc1nn2cccnc2c1C(=O)NS(=O)(=O)[C@@H]1CCN(C(=O)OC(C)(C)C)C1. The van der Waals surface area contributed by atoms with E-state index in [2.05, 4.69) is 14.8 Å². The quantitative estimate of drug-likeness (QED) is 0.805. The minimum absolute atomic E-state index is 0.0382. The first-order chi connectivity index (χ1) is 13.0. The normalized spacial score (nSPS) is 17.7. The molecule has 0 bridgehead atoms. The zero-order chi connectivity index (χ0) is 20.7. The zero-order valence-corrected chi connectivity index (χ0v) is 17.0. The maximum Gasteiger partial charge on any atom is 0.410 e. The van der Waals surface area contributed by atoms with Crippen LogP contribution in [0, 0.1) is 6.92 Å². The highest BCUT2D eigenvalue weighted by atomic mass is 32.2. The van der Waals surface area contributed by atoms with Gasteiger partial charge in [-0.15, -0.1) is 0 Å². The van der Waals surface area contributed by atoms with Crippen LogP contribution < -0.4 is 4.72 Å². The number of nitrogens with one attached hydrogen (secondary N) is 1. The summed E-state index contributed by atoms with van der Waals surface area (Å²) in [5.41, 5.74) is 0.0740. The van der Waals surface area contributed by atoms with E-state index in [1.807, 2.05) is 0 Å². The Morgan fingerprint density at radius 3 is 2.71 bits per heavy atom. The van der Waals surface area contributed by atoms with Crippen molar-refractivity contribution < 1.29 is 22.7 Å². The second kappa shape index (κ2) is 7.04. The highest BCUT2D eigenvalue weighted by Gasteiger charge is 2.38. The van der Waals surface area contributed by atoms with Crippen molar-refractivity contribution in [3.8, 4) is 0 Å². The van der Waals surface area contributed by atoms with E-state index in [9.17, 15) is 18.0 Å². The summed E-state index contributed by atoms with van der Waals surface area (Å²) in [6.07, 6.45) is 2.76. The second-order valence-electron chi connectivity index (χ2n) is 7.66. The number of aromatic nitrogens is 3. The van der Waals surface area contributed by atoms with Gasteiger partial charge < -0.3 is 9.64 Å². The van der Waals surface area contributed by atoms with E-state index in [0.717, 1.165) is 0 Å². The number of ether oxygens (including phenoxy) is 1. The molecule has 0 spiro atoms. The Bertz CT molecular complexity index is 1020. The van der Waals surface area contributed by atoms with Crippen LogP contribution in [-0.4, -0.2) is 63.9 Å². The molecular weight excluding hydrogens is 386 g/mol. The van der Waals surface area contributed by atoms with E-state index in [1.165, 1.54) is 15.6 Å². The third-order valence-electron chi connectivity index (χ3n) is 4.27. The molecule has 3 heterocycles. The van der Waals surface area contributed by atoms with Gasteiger partial charge in [-0.25, -0.2) is 27.4 Å². The molecule has 0 aromatic carbocycles. The molecule has 1 aliphatic rings. The molecule has 1 N–H and O–H groups in total. The Balaban J connectivity index is 1.73. The van der Waals surface area contributed by atoms with Gasteiger partial charge in [-0.05, 0) is 40.2 Å². The van der Waals surface area contributed by atoms with Crippen LogP contribution in [0.5, 0.6) is 0 Å². The lowest BCUT2D eigenvalue weighted by Gasteiger charge is -2.24. The van der Waals surface area contributed by atoms with Gasteiger partial charge in [0.25, 0.3) is 5.91 Å². The summed E-state index contributed by atoms with van der Waals surface area (Å²) < 4.78 is 34.1. The summed E-state index contributed by atoms with van der Waals surface area (Å²) in [5.74, 6) is -0.790. The Morgan fingerprint density at radius 1 is 1.32 bits per heavy atom. The summed E-state index contributed by atoms with van der Waals surface area (Å²) in [4.78, 5) is 30.2. The molecule has 2 aromatic rings. The monoisotopic (exact) mass is 409 g/mol. The molecule has 1 aliphatic heterocycles. The molecule has 0 aliphatic carbocycles. The van der Waals surface area contributed by atoms with Gasteiger partial charge in [-0.1, -0.05) is 0 Å². The summed E-state index contributed by atoms with van der Waals surface area (Å²) >= 11 is 0. The number of sulfonamides is 1. The number of carbonyl (C=O) groups is 2. The number of aryl methyl sites for hydroxylation is 1. The Kier molecular flexibility index (Phi) is 5.04.